The Hall–Kier alpha value is -1.59. The van der Waals surface area contributed by atoms with E-state index in [2.05, 4.69) is 17.1 Å². The molecule has 1 N–H and O–H groups in total. The first-order valence-corrected chi connectivity index (χ1v) is 10.9. The minimum atomic E-state index is -0.236. The Kier molecular flexibility index (Phi) is 11.4. The molecule has 2 fully saturated rings. The van der Waals surface area contributed by atoms with Crippen molar-refractivity contribution >= 4 is 35.8 Å². The van der Waals surface area contributed by atoms with Crippen LogP contribution in [0, 0.1) is 0 Å². The second kappa shape index (κ2) is 13.7. The molecule has 0 aromatic heterocycles. The number of ether oxygens (including phenoxy) is 3. The van der Waals surface area contributed by atoms with Crippen molar-refractivity contribution in [1.29, 1.82) is 0 Å². The van der Waals surface area contributed by atoms with Gasteiger partial charge in [0, 0.05) is 46.4 Å². The summed E-state index contributed by atoms with van der Waals surface area (Å²) in [5.41, 5.74) is 1.12. The van der Waals surface area contributed by atoms with E-state index >= 15 is 0 Å². The molecule has 1 atom stereocenters. The smallest absolute Gasteiger partial charge is 0.251 e. The second-order valence-corrected chi connectivity index (χ2v) is 7.47. The number of benzene rings is 1. The molecule has 0 aliphatic carbocycles. The number of halogens is 1. The third-order valence-corrected chi connectivity index (χ3v) is 5.32. The van der Waals surface area contributed by atoms with Crippen LogP contribution in [0.5, 0.6) is 5.75 Å². The summed E-state index contributed by atoms with van der Waals surface area (Å²) in [6.07, 6.45) is 1.59. The van der Waals surface area contributed by atoms with Gasteiger partial charge in [-0.2, -0.15) is 0 Å². The SMILES string of the molecule is CCNC(=NCc1ccc(OCCOC)cc1)N1CCN(C(=O)C2CCCO2)CC1.I. The van der Waals surface area contributed by atoms with E-state index in [9.17, 15) is 4.79 Å². The van der Waals surface area contributed by atoms with Crippen LogP contribution >= 0.6 is 24.0 Å². The largest absolute Gasteiger partial charge is 0.491 e. The highest BCUT2D eigenvalue weighted by molar-refractivity contribution is 14.0. The molecule has 2 heterocycles. The molecule has 174 valence electrons. The number of carbonyl (C=O) groups excluding carboxylic acids is 1. The van der Waals surface area contributed by atoms with E-state index in [0.29, 0.717) is 39.5 Å². The minimum absolute atomic E-state index is 0. The fraction of sp³-hybridized carbons (Fsp3) is 0.636. The van der Waals surface area contributed by atoms with Crippen molar-refractivity contribution in [3.05, 3.63) is 29.8 Å². The molecule has 0 bridgehead atoms. The van der Waals surface area contributed by atoms with E-state index in [1.807, 2.05) is 29.2 Å². The third kappa shape index (κ3) is 7.80. The Labute approximate surface area is 202 Å². The van der Waals surface area contributed by atoms with Gasteiger partial charge < -0.3 is 29.3 Å². The zero-order valence-electron chi connectivity index (χ0n) is 18.5. The first-order valence-electron chi connectivity index (χ1n) is 10.9. The quantitative estimate of drug-likeness (QED) is 0.233. The average Bonchev–Trinajstić information content (AvgIpc) is 3.32. The predicted octanol–water partition coefficient (Wildman–Crippen LogP) is 2.12. The standard InChI is InChI=1S/C22H34N4O4.HI/c1-3-23-22(24-17-18-6-8-19(9-7-18)29-16-15-28-2)26-12-10-25(11-13-26)21(27)20-5-4-14-30-20;/h6-9,20H,3-5,10-17H2,1-2H3,(H,23,24);1H. The summed E-state index contributed by atoms with van der Waals surface area (Å²) in [6.45, 7) is 8.24. The number of guanidine groups is 1. The molecule has 2 saturated heterocycles. The van der Waals surface area contributed by atoms with Gasteiger partial charge in [-0.15, -0.1) is 24.0 Å². The summed E-state index contributed by atoms with van der Waals surface area (Å²) >= 11 is 0. The fourth-order valence-electron chi connectivity index (χ4n) is 3.64. The van der Waals surface area contributed by atoms with Gasteiger partial charge in [0.1, 0.15) is 18.5 Å². The van der Waals surface area contributed by atoms with E-state index < -0.39 is 0 Å². The molecular weight excluding hydrogens is 511 g/mol. The first-order chi connectivity index (χ1) is 14.7. The topological polar surface area (TPSA) is 75.6 Å². The van der Waals surface area contributed by atoms with E-state index in [1.165, 1.54) is 0 Å². The average molecular weight is 546 g/mol. The third-order valence-electron chi connectivity index (χ3n) is 5.32. The Morgan fingerprint density at radius 3 is 2.48 bits per heavy atom. The van der Waals surface area contributed by atoms with Crippen LogP contribution in [0.4, 0.5) is 0 Å². The molecule has 0 spiro atoms. The van der Waals surface area contributed by atoms with Gasteiger partial charge in [0.25, 0.3) is 5.91 Å². The lowest BCUT2D eigenvalue weighted by molar-refractivity contribution is -0.142. The maximum atomic E-state index is 12.5. The highest BCUT2D eigenvalue weighted by Gasteiger charge is 2.30. The summed E-state index contributed by atoms with van der Waals surface area (Å²) in [5, 5.41) is 3.38. The summed E-state index contributed by atoms with van der Waals surface area (Å²) in [7, 11) is 1.66. The lowest BCUT2D eigenvalue weighted by Crippen LogP contribution is -2.55. The van der Waals surface area contributed by atoms with Gasteiger partial charge in [-0.1, -0.05) is 12.1 Å². The van der Waals surface area contributed by atoms with Crippen LogP contribution in [0.1, 0.15) is 25.3 Å². The molecule has 1 aromatic carbocycles. The summed E-state index contributed by atoms with van der Waals surface area (Å²) in [5.74, 6) is 1.86. The molecule has 3 rings (SSSR count). The van der Waals surface area contributed by atoms with Crippen LogP contribution in [-0.4, -0.2) is 87.4 Å². The molecule has 8 nitrogen and oxygen atoms in total. The molecule has 1 unspecified atom stereocenters. The summed E-state index contributed by atoms with van der Waals surface area (Å²) in [6, 6.07) is 7.99. The number of methoxy groups -OCH3 is 1. The van der Waals surface area contributed by atoms with Crippen LogP contribution in [0.15, 0.2) is 29.3 Å². The van der Waals surface area contributed by atoms with E-state index in [4.69, 9.17) is 19.2 Å². The number of piperazine rings is 1. The van der Waals surface area contributed by atoms with E-state index in [1.54, 1.807) is 7.11 Å². The van der Waals surface area contributed by atoms with Gasteiger partial charge in [0.2, 0.25) is 0 Å². The molecule has 0 radical (unpaired) electrons. The van der Waals surface area contributed by atoms with Gasteiger partial charge in [-0.05, 0) is 37.5 Å². The Bertz CT molecular complexity index is 687. The van der Waals surface area contributed by atoms with E-state index in [-0.39, 0.29) is 36.0 Å². The number of aliphatic imine (C=N–C) groups is 1. The molecule has 2 aliphatic rings. The maximum absolute atomic E-state index is 12.5. The van der Waals surface area contributed by atoms with E-state index in [0.717, 1.165) is 49.7 Å². The predicted molar refractivity (Wildman–Crippen MR) is 131 cm³/mol. The van der Waals surface area contributed by atoms with Crippen LogP contribution in [0.3, 0.4) is 0 Å². The van der Waals surface area contributed by atoms with Crippen molar-refractivity contribution in [2.45, 2.75) is 32.4 Å². The zero-order chi connectivity index (χ0) is 21.2. The molecule has 0 saturated carbocycles. The van der Waals surface area contributed by atoms with Crippen LogP contribution < -0.4 is 10.1 Å². The highest BCUT2D eigenvalue weighted by Crippen LogP contribution is 2.16. The Morgan fingerprint density at radius 1 is 1.16 bits per heavy atom. The van der Waals surface area contributed by atoms with Crippen LogP contribution in [0.2, 0.25) is 0 Å². The molecule has 1 aromatic rings. The van der Waals surface area contributed by atoms with Gasteiger partial charge in [0.05, 0.1) is 13.2 Å². The van der Waals surface area contributed by atoms with Crippen molar-refractivity contribution in [3.8, 4) is 5.75 Å². The zero-order valence-corrected chi connectivity index (χ0v) is 20.9. The van der Waals surface area contributed by atoms with Gasteiger partial charge in [-0.25, -0.2) is 4.99 Å². The number of nitrogens with zero attached hydrogens (tertiary/aromatic N) is 3. The van der Waals surface area contributed by atoms with Crippen LogP contribution in [-0.2, 0) is 20.8 Å². The van der Waals surface area contributed by atoms with Crippen molar-refractivity contribution in [1.82, 2.24) is 15.1 Å². The fourth-order valence-corrected chi connectivity index (χ4v) is 3.64. The van der Waals surface area contributed by atoms with Crippen molar-refractivity contribution in [2.24, 2.45) is 4.99 Å². The molecule has 2 aliphatic heterocycles. The molecular formula is C22H35IN4O4. The monoisotopic (exact) mass is 546 g/mol. The normalized spacial score (nSPS) is 19.2. The van der Waals surface area contributed by atoms with Crippen molar-refractivity contribution < 1.29 is 19.0 Å². The van der Waals surface area contributed by atoms with Crippen molar-refractivity contribution in [3.63, 3.8) is 0 Å². The number of amides is 1. The lowest BCUT2D eigenvalue weighted by atomic mass is 10.2. The number of hydrogen-bond donors (Lipinski definition) is 1. The number of nitrogens with one attached hydrogen (secondary N) is 1. The summed E-state index contributed by atoms with van der Waals surface area (Å²) < 4.78 is 16.1. The first kappa shape index (κ1) is 25.7. The lowest BCUT2D eigenvalue weighted by Gasteiger charge is -2.37. The summed E-state index contributed by atoms with van der Waals surface area (Å²) in [4.78, 5) is 21.5. The minimum Gasteiger partial charge on any atom is -0.491 e. The number of carbonyl (C=O) groups is 1. The molecule has 1 amide bonds. The van der Waals surface area contributed by atoms with Gasteiger partial charge in [-0.3, -0.25) is 4.79 Å². The maximum Gasteiger partial charge on any atom is 0.251 e. The Balaban J connectivity index is 0.00000341. The number of rotatable bonds is 8. The molecule has 9 heteroatoms. The highest BCUT2D eigenvalue weighted by atomic mass is 127. The van der Waals surface area contributed by atoms with Gasteiger partial charge >= 0.3 is 0 Å². The van der Waals surface area contributed by atoms with Crippen LogP contribution in [0.25, 0.3) is 0 Å². The Morgan fingerprint density at radius 2 is 1.87 bits per heavy atom. The van der Waals surface area contributed by atoms with Gasteiger partial charge in [0.15, 0.2) is 5.96 Å². The number of hydrogen-bond acceptors (Lipinski definition) is 5. The van der Waals surface area contributed by atoms with Crippen molar-refractivity contribution in [2.75, 3.05) is 59.7 Å². The molecule has 31 heavy (non-hydrogen) atoms. The second-order valence-electron chi connectivity index (χ2n) is 7.47.